The second-order valence-corrected chi connectivity index (χ2v) is 7.61. The topological polar surface area (TPSA) is 46.4 Å². The van der Waals surface area contributed by atoms with Crippen molar-refractivity contribution in [3.05, 3.63) is 66.2 Å². The third-order valence-electron chi connectivity index (χ3n) is 5.12. The molecular formula is C21H19FN5S+. The number of H-pyrrole nitrogens is 1. The molecule has 3 aromatic heterocycles. The van der Waals surface area contributed by atoms with Gasteiger partial charge >= 0.3 is 0 Å². The summed E-state index contributed by atoms with van der Waals surface area (Å²) in [5, 5.41) is 3.14. The minimum atomic E-state index is -0.228. The Morgan fingerprint density at radius 3 is 2.46 bits per heavy atom. The normalized spacial score (nSPS) is 14.6. The van der Waals surface area contributed by atoms with Gasteiger partial charge in [-0.05, 0) is 23.8 Å². The number of rotatable bonds is 3. The van der Waals surface area contributed by atoms with E-state index in [1.165, 1.54) is 12.1 Å². The Hall–Kier alpha value is -3.06. The van der Waals surface area contributed by atoms with Crippen molar-refractivity contribution < 1.29 is 9.37 Å². The largest absolute Gasteiger partial charge is 0.348 e. The highest BCUT2D eigenvalue weighted by atomic mass is 32.1. The van der Waals surface area contributed by atoms with Gasteiger partial charge < -0.3 is 4.90 Å². The molecule has 1 aromatic carbocycles. The molecule has 0 unspecified atom stereocenters. The van der Waals surface area contributed by atoms with Gasteiger partial charge in [-0.25, -0.2) is 19.3 Å². The zero-order valence-electron chi connectivity index (χ0n) is 15.2. The van der Waals surface area contributed by atoms with Gasteiger partial charge in [0.25, 0.3) is 5.82 Å². The summed E-state index contributed by atoms with van der Waals surface area (Å²) >= 11 is 1.60. The fourth-order valence-corrected chi connectivity index (χ4v) is 4.59. The highest BCUT2D eigenvalue weighted by Gasteiger charge is 2.26. The standard InChI is InChI=1S/C21H18FN5S/c22-16-6-4-15(5-7-16)17-13-28-21-19(17)20(24-14-25-21)27-11-9-26(10-12-27)18-3-1-2-8-23-18/h1-8,13-14H,9-12H2/p+1. The Bertz CT molecular complexity index is 1090. The van der Waals surface area contributed by atoms with Gasteiger partial charge in [-0.2, -0.15) is 0 Å². The molecule has 1 fully saturated rings. The Morgan fingerprint density at radius 2 is 1.71 bits per heavy atom. The third-order valence-corrected chi connectivity index (χ3v) is 6.00. The van der Waals surface area contributed by atoms with Crippen LogP contribution in [0.4, 0.5) is 16.0 Å². The Kier molecular flexibility index (Phi) is 4.37. The van der Waals surface area contributed by atoms with Crippen LogP contribution in [0.1, 0.15) is 0 Å². The van der Waals surface area contributed by atoms with Crippen LogP contribution in [0.5, 0.6) is 0 Å². The van der Waals surface area contributed by atoms with E-state index in [0.29, 0.717) is 0 Å². The molecule has 140 valence electrons. The average molecular weight is 392 g/mol. The van der Waals surface area contributed by atoms with Gasteiger partial charge in [-0.15, -0.1) is 11.3 Å². The van der Waals surface area contributed by atoms with Crippen molar-refractivity contribution in [1.29, 1.82) is 0 Å². The Labute approximate surface area is 166 Å². The van der Waals surface area contributed by atoms with Crippen LogP contribution >= 0.6 is 11.3 Å². The van der Waals surface area contributed by atoms with Crippen LogP contribution in [0, 0.1) is 5.82 Å². The summed E-state index contributed by atoms with van der Waals surface area (Å²) in [7, 11) is 0. The van der Waals surface area contributed by atoms with Gasteiger partial charge in [-0.3, -0.25) is 4.90 Å². The fraction of sp³-hybridized carbons (Fsp3) is 0.190. The van der Waals surface area contributed by atoms with Gasteiger partial charge in [-0.1, -0.05) is 18.2 Å². The van der Waals surface area contributed by atoms with Crippen molar-refractivity contribution in [2.45, 2.75) is 0 Å². The van der Waals surface area contributed by atoms with Gasteiger partial charge in [0.05, 0.1) is 24.7 Å². The van der Waals surface area contributed by atoms with Gasteiger partial charge in [0.2, 0.25) is 0 Å². The number of fused-ring (bicyclic) bond motifs is 1. The molecule has 1 N–H and O–H groups in total. The molecule has 0 aliphatic carbocycles. The van der Waals surface area contributed by atoms with Crippen LogP contribution in [-0.2, 0) is 0 Å². The van der Waals surface area contributed by atoms with Crippen molar-refractivity contribution in [2.75, 3.05) is 36.0 Å². The number of nitrogens with zero attached hydrogens (tertiary/aromatic N) is 4. The number of nitrogens with one attached hydrogen (secondary N) is 1. The monoisotopic (exact) mass is 392 g/mol. The number of aromatic amines is 1. The number of halogens is 1. The van der Waals surface area contributed by atoms with Crippen LogP contribution in [0.2, 0.25) is 0 Å². The molecule has 0 amide bonds. The maximum atomic E-state index is 13.4. The summed E-state index contributed by atoms with van der Waals surface area (Å²) in [6.45, 7) is 3.60. The van der Waals surface area contributed by atoms with Gasteiger partial charge in [0.1, 0.15) is 35.9 Å². The first kappa shape index (κ1) is 17.1. The number of pyridine rings is 1. The van der Waals surface area contributed by atoms with E-state index in [-0.39, 0.29) is 5.82 Å². The quantitative estimate of drug-likeness (QED) is 0.534. The molecule has 0 saturated carbocycles. The van der Waals surface area contributed by atoms with Gasteiger partial charge in [0.15, 0.2) is 0 Å². The molecule has 4 heterocycles. The summed E-state index contributed by atoms with van der Waals surface area (Å²) in [6, 6.07) is 12.8. The fourth-order valence-electron chi connectivity index (χ4n) is 3.68. The summed E-state index contributed by atoms with van der Waals surface area (Å²) in [5.74, 6) is 1.87. The third kappa shape index (κ3) is 3.07. The molecular weight excluding hydrogens is 373 g/mol. The maximum Gasteiger partial charge on any atom is 0.274 e. The molecule has 1 aliphatic rings. The second kappa shape index (κ2) is 7.16. The minimum absolute atomic E-state index is 0.228. The highest BCUT2D eigenvalue weighted by molar-refractivity contribution is 7.17. The van der Waals surface area contributed by atoms with E-state index < -0.39 is 0 Å². The summed E-state index contributed by atoms with van der Waals surface area (Å²) in [5.41, 5.74) is 2.05. The van der Waals surface area contributed by atoms with E-state index in [1.54, 1.807) is 17.7 Å². The lowest BCUT2D eigenvalue weighted by Crippen LogP contribution is -2.48. The summed E-state index contributed by atoms with van der Waals surface area (Å²) in [4.78, 5) is 18.0. The van der Waals surface area contributed by atoms with Crippen molar-refractivity contribution >= 4 is 33.2 Å². The molecule has 0 atom stereocenters. The van der Waals surface area contributed by atoms with Crippen molar-refractivity contribution in [3.8, 4) is 11.1 Å². The highest BCUT2D eigenvalue weighted by Crippen LogP contribution is 2.38. The maximum absolute atomic E-state index is 13.4. The lowest BCUT2D eigenvalue weighted by Gasteiger charge is -2.32. The molecule has 4 aromatic rings. The van der Waals surface area contributed by atoms with Crippen molar-refractivity contribution in [2.24, 2.45) is 0 Å². The number of hydrogen-bond acceptors (Lipinski definition) is 5. The number of piperazine rings is 1. The number of benzene rings is 1. The van der Waals surface area contributed by atoms with Crippen molar-refractivity contribution in [3.63, 3.8) is 0 Å². The van der Waals surface area contributed by atoms with E-state index in [1.807, 2.05) is 30.5 Å². The molecule has 28 heavy (non-hydrogen) atoms. The van der Waals surface area contributed by atoms with E-state index in [0.717, 1.165) is 59.2 Å². The average Bonchev–Trinajstić information content (AvgIpc) is 3.19. The molecule has 0 spiro atoms. The molecule has 0 radical (unpaired) electrons. The van der Waals surface area contributed by atoms with Crippen molar-refractivity contribution in [1.82, 2.24) is 9.97 Å². The second-order valence-electron chi connectivity index (χ2n) is 6.76. The van der Waals surface area contributed by atoms with Crippen LogP contribution < -0.4 is 14.8 Å². The lowest BCUT2D eigenvalue weighted by atomic mass is 10.1. The number of anilines is 2. The SMILES string of the molecule is Fc1ccc(-c2csc3ncnc(N4CCN(c5cccc[nH+]5)CC4)c23)cc1. The number of thiophene rings is 1. The first-order chi connectivity index (χ1) is 13.8. The van der Waals surface area contributed by atoms with E-state index in [9.17, 15) is 4.39 Å². The smallest absolute Gasteiger partial charge is 0.274 e. The summed E-state index contributed by atoms with van der Waals surface area (Å²) < 4.78 is 13.4. The van der Waals surface area contributed by atoms with E-state index >= 15 is 0 Å². The molecule has 1 saturated heterocycles. The lowest BCUT2D eigenvalue weighted by molar-refractivity contribution is -0.364. The van der Waals surface area contributed by atoms with E-state index in [2.05, 4.69) is 36.2 Å². The first-order valence-electron chi connectivity index (χ1n) is 9.24. The van der Waals surface area contributed by atoms with Crippen LogP contribution in [0.15, 0.2) is 60.4 Å². The van der Waals surface area contributed by atoms with E-state index in [4.69, 9.17) is 0 Å². The molecule has 5 nitrogen and oxygen atoms in total. The molecule has 5 rings (SSSR count). The zero-order valence-corrected chi connectivity index (χ0v) is 16.0. The van der Waals surface area contributed by atoms with Crippen LogP contribution in [0.25, 0.3) is 21.3 Å². The minimum Gasteiger partial charge on any atom is -0.348 e. The molecule has 7 heteroatoms. The number of hydrogen-bond donors (Lipinski definition) is 0. The zero-order chi connectivity index (χ0) is 18.9. The predicted molar refractivity (Wildman–Crippen MR) is 110 cm³/mol. The van der Waals surface area contributed by atoms with Gasteiger partial charge in [0, 0.05) is 17.0 Å². The Morgan fingerprint density at radius 1 is 0.929 bits per heavy atom. The predicted octanol–water partition coefficient (Wildman–Crippen LogP) is 3.64. The number of aromatic nitrogens is 3. The first-order valence-corrected chi connectivity index (χ1v) is 10.1. The molecule has 1 aliphatic heterocycles. The van der Waals surface area contributed by atoms with Crippen LogP contribution in [-0.4, -0.2) is 36.1 Å². The summed E-state index contributed by atoms with van der Waals surface area (Å²) in [6.07, 6.45) is 3.59. The molecule has 0 bridgehead atoms. The van der Waals surface area contributed by atoms with Crippen LogP contribution in [0.3, 0.4) is 0 Å². The Balaban J connectivity index is 1.47.